The molecule has 0 radical (unpaired) electrons. The van der Waals surface area contributed by atoms with Crippen LogP contribution in [0.2, 0.25) is 0 Å². The molecule has 1 saturated heterocycles. The molecule has 3 rings (SSSR count). The summed E-state index contributed by atoms with van der Waals surface area (Å²) in [5.74, 6) is 0.00211. The highest BCUT2D eigenvalue weighted by molar-refractivity contribution is 5.82. The summed E-state index contributed by atoms with van der Waals surface area (Å²) in [5, 5.41) is 9.47. The van der Waals surface area contributed by atoms with E-state index in [2.05, 4.69) is 40.2 Å². The number of carbonyl (C=O) groups is 1. The molecule has 2 aromatic rings. The third kappa shape index (κ3) is 3.72. The van der Waals surface area contributed by atoms with Gasteiger partial charge in [0.1, 0.15) is 6.17 Å². The molecular weight excluding hydrogens is 274 g/mol. The lowest BCUT2D eigenvalue weighted by Crippen LogP contribution is -2.48. The standard InChI is InChI=1S/C18H21N3O/c22-18(17-19-11-12-20-17)21-16(15-9-5-2-6-10-15)13-14-7-3-1-4-8-14/h1-10,16-17,19-20H,11-13H2,(H,21,22)/t16-/m0/s1. The van der Waals surface area contributed by atoms with Gasteiger partial charge in [-0.15, -0.1) is 0 Å². The molecule has 0 unspecified atom stereocenters. The summed E-state index contributed by atoms with van der Waals surface area (Å²) >= 11 is 0. The minimum atomic E-state index is -0.290. The zero-order valence-corrected chi connectivity index (χ0v) is 12.5. The predicted octanol–water partition coefficient (Wildman–Crippen LogP) is 1.61. The molecule has 1 aliphatic heterocycles. The van der Waals surface area contributed by atoms with Gasteiger partial charge in [-0.1, -0.05) is 60.7 Å². The predicted molar refractivity (Wildman–Crippen MR) is 87.3 cm³/mol. The fourth-order valence-corrected chi connectivity index (χ4v) is 2.73. The van der Waals surface area contributed by atoms with E-state index in [1.165, 1.54) is 5.56 Å². The van der Waals surface area contributed by atoms with Gasteiger partial charge in [-0.05, 0) is 17.5 Å². The van der Waals surface area contributed by atoms with Crippen LogP contribution in [0, 0.1) is 0 Å². The second-order valence-electron chi connectivity index (χ2n) is 5.50. The van der Waals surface area contributed by atoms with E-state index in [1.807, 2.05) is 36.4 Å². The molecule has 3 N–H and O–H groups in total. The molecule has 1 fully saturated rings. The van der Waals surface area contributed by atoms with Gasteiger partial charge in [0.15, 0.2) is 0 Å². The van der Waals surface area contributed by atoms with Crippen LogP contribution in [0.25, 0.3) is 0 Å². The number of carbonyl (C=O) groups excluding carboxylic acids is 1. The molecule has 0 aromatic heterocycles. The highest BCUT2D eigenvalue weighted by Crippen LogP contribution is 2.18. The molecule has 0 bridgehead atoms. The normalized spacial score (nSPS) is 16.4. The maximum atomic E-state index is 12.4. The molecule has 1 aliphatic rings. The Hall–Kier alpha value is -2.17. The van der Waals surface area contributed by atoms with Crippen molar-refractivity contribution in [3.05, 3.63) is 71.8 Å². The minimum Gasteiger partial charge on any atom is -0.346 e. The Morgan fingerprint density at radius 1 is 1.00 bits per heavy atom. The van der Waals surface area contributed by atoms with E-state index in [0.717, 1.165) is 25.1 Å². The van der Waals surface area contributed by atoms with E-state index in [4.69, 9.17) is 0 Å². The topological polar surface area (TPSA) is 53.2 Å². The Morgan fingerprint density at radius 2 is 1.59 bits per heavy atom. The molecule has 22 heavy (non-hydrogen) atoms. The van der Waals surface area contributed by atoms with Gasteiger partial charge in [0.25, 0.3) is 5.91 Å². The van der Waals surface area contributed by atoms with E-state index in [1.54, 1.807) is 0 Å². The van der Waals surface area contributed by atoms with Gasteiger partial charge in [-0.25, -0.2) is 0 Å². The summed E-state index contributed by atoms with van der Waals surface area (Å²) in [4.78, 5) is 12.4. The van der Waals surface area contributed by atoms with Crippen LogP contribution < -0.4 is 16.0 Å². The van der Waals surface area contributed by atoms with E-state index >= 15 is 0 Å². The third-order valence-corrected chi connectivity index (χ3v) is 3.89. The van der Waals surface area contributed by atoms with Crippen molar-refractivity contribution in [2.75, 3.05) is 13.1 Å². The quantitative estimate of drug-likeness (QED) is 0.785. The van der Waals surface area contributed by atoms with Gasteiger partial charge in [0.05, 0.1) is 6.04 Å². The number of benzene rings is 2. The molecular formula is C18H21N3O. The molecule has 0 aliphatic carbocycles. The monoisotopic (exact) mass is 295 g/mol. The molecule has 1 atom stereocenters. The molecule has 0 saturated carbocycles. The summed E-state index contributed by atoms with van der Waals surface area (Å²) in [7, 11) is 0. The van der Waals surface area contributed by atoms with Gasteiger partial charge in [0, 0.05) is 13.1 Å². The Labute approximate surface area is 130 Å². The Kier molecular flexibility index (Phi) is 4.83. The lowest BCUT2D eigenvalue weighted by molar-refractivity contribution is -0.124. The van der Waals surface area contributed by atoms with Crippen LogP contribution in [-0.2, 0) is 11.2 Å². The number of hydrogen-bond acceptors (Lipinski definition) is 3. The molecule has 0 spiro atoms. The average Bonchev–Trinajstić information content (AvgIpc) is 3.11. The lowest BCUT2D eigenvalue weighted by Gasteiger charge is -2.22. The van der Waals surface area contributed by atoms with Crippen molar-refractivity contribution in [2.24, 2.45) is 0 Å². The van der Waals surface area contributed by atoms with Crippen LogP contribution in [0.4, 0.5) is 0 Å². The smallest absolute Gasteiger partial charge is 0.252 e. The Balaban J connectivity index is 1.75. The first-order valence-corrected chi connectivity index (χ1v) is 7.69. The molecule has 4 heteroatoms. The Bertz CT molecular complexity index is 594. The number of amides is 1. The largest absolute Gasteiger partial charge is 0.346 e. The summed E-state index contributed by atoms with van der Waals surface area (Å²) < 4.78 is 0. The van der Waals surface area contributed by atoms with Crippen molar-refractivity contribution in [3.8, 4) is 0 Å². The number of rotatable bonds is 5. The van der Waals surface area contributed by atoms with Gasteiger partial charge in [-0.2, -0.15) is 0 Å². The summed E-state index contributed by atoms with van der Waals surface area (Å²) in [6.07, 6.45) is 0.491. The highest BCUT2D eigenvalue weighted by atomic mass is 16.2. The summed E-state index contributed by atoms with van der Waals surface area (Å²) in [6, 6.07) is 20.3. The van der Waals surface area contributed by atoms with Crippen LogP contribution in [0.15, 0.2) is 60.7 Å². The van der Waals surface area contributed by atoms with Gasteiger partial charge >= 0.3 is 0 Å². The van der Waals surface area contributed by atoms with Crippen molar-refractivity contribution in [1.29, 1.82) is 0 Å². The zero-order valence-electron chi connectivity index (χ0n) is 12.5. The first kappa shape index (κ1) is 14.8. The third-order valence-electron chi connectivity index (χ3n) is 3.89. The summed E-state index contributed by atoms with van der Waals surface area (Å²) in [6.45, 7) is 1.65. The van der Waals surface area contributed by atoms with Crippen LogP contribution in [-0.4, -0.2) is 25.2 Å². The summed E-state index contributed by atoms with van der Waals surface area (Å²) in [5.41, 5.74) is 2.33. The SMILES string of the molecule is O=C(N[C@@H](Cc1ccccc1)c1ccccc1)C1NCCN1. The van der Waals surface area contributed by atoms with Crippen LogP contribution >= 0.6 is 0 Å². The average molecular weight is 295 g/mol. The van der Waals surface area contributed by atoms with Crippen molar-refractivity contribution in [1.82, 2.24) is 16.0 Å². The first-order chi connectivity index (χ1) is 10.8. The second-order valence-corrected chi connectivity index (χ2v) is 5.50. The number of hydrogen-bond donors (Lipinski definition) is 3. The molecule has 2 aromatic carbocycles. The fraction of sp³-hybridized carbons (Fsp3) is 0.278. The fourth-order valence-electron chi connectivity index (χ4n) is 2.73. The van der Waals surface area contributed by atoms with Gasteiger partial charge < -0.3 is 5.32 Å². The van der Waals surface area contributed by atoms with Crippen molar-refractivity contribution in [3.63, 3.8) is 0 Å². The molecule has 1 heterocycles. The van der Waals surface area contributed by atoms with E-state index < -0.39 is 0 Å². The first-order valence-electron chi connectivity index (χ1n) is 7.69. The van der Waals surface area contributed by atoms with Crippen molar-refractivity contribution < 1.29 is 4.79 Å². The highest BCUT2D eigenvalue weighted by Gasteiger charge is 2.24. The zero-order chi connectivity index (χ0) is 15.2. The molecule has 4 nitrogen and oxygen atoms in total. The molecule has 114 valence electrons. The van der Waals surface area contributed by atoms with Gasteiger partial charge in [-0.3, -0.25) is 15.4 Å². The second kappa shape index (κ2) is 7.20. The minimum absolute atomic E-state index is 0.00211. The lowest BCUT2D eigenvalue weighted by atomic mass is 9.99. The maximum Gasteiger partial charge on any atom is 0.252 e. The maximum absolute atomic E-state index is 12.4. The van der Waals surface area contributed by atoms with E-state index in [9.17, 15) is 4.79 Å². The van der Waals surface area contributed by atoms with Gasteiger partial charge in [0.2, 0.25) is 0 Å². The van der Waals surface area contributed by atoms with Crippen molar-refractivity contribution >= 4 is 5.91 Å². The Morgan fingerprint density at radius 3 is 2.23 bits per heavy atom. The number of nitrogens with one attached hydrogen (secondary N) is 3. The van der Waals surface area contributed by atoms with E-state index in [0.29, 0.717) is 0 Å². The van der Waals surface area contributed by atoms with Crippen molar-refractivity contribution in [2.45, 2.75) is 18.6 Å². The van der Waals surface area contributed by atoms with Crippen LogP contribution in [0.5, 0.6) is 0 Å². The van der Waals surface area contributed by atoms with Crippen LogP contribution in [0.1, 0.15) is 17.2 Å². The van der Waals surface area contributed by atoms with E-state index in [-0.39, 0.29) is 18.1 Å². The molecule has 1 amide bonds. The van der Waals surface area contributed by atoms with Crippen LogP contribution in [0.3, 0.4) is 0 Å².